The van der Waals surface area contributed by atoms with Crippen molar-refractivity contribution < 1.29 is 14.3 Å². The molecule has 0 unspecified atom stereocenters. The van der Waals surface area contributed by atoms with E-state index in [2.05, 4.69) is 0 Å². The molecule has 1 aliphatic heterocycles. The largest absolute Gasteiger partial charge is 0.427 e. The number of hydrogen-bond acceptors (Lipinski definition) is 3. The molecule has 1 heterocycles. The fourth-order valence-corrected chi connectivity index (χ4v) is 2.17. The number of ether oxygens (including phenoxy) is 2. The van der Waals surface area contributed by atoms with Crippen LogP contribution < -0.4 is 0 Å². The Kier molecular flexibility index (Phi) is 1.83. The summed E-state index contributed by atoms with van der Waals surface area (Å²) in [5.41, 5.74) is 0.591. The van der Waals surface area contributed by atoms with Crippen molar-refractivity contribution in [3.63, 3.8) is 0 Å². The van der Waals surface area contributed by atoms with Gasteiger partial charge in [-0.15, -0.1) is 0 Å². The monoisotopic (exact) mass is 204 g/mol. The van der Waals surface area contributed by atoms with Crippen LogP contribution in [0.4, 0.5) is 0 Å². The molecular weight excluding hydrogens is 192 g/mol. The van der Waals surface area contributed by atoms with Gasteiger partial charge in [0.25, 0.3) is 0 Å². The lowest BCUT2D eigenvalue weighted by molar-refractivity contribution is -0.0215. The van der Waals surface area contributed by atoms with Gasteiger partial charge in [0, 0.05) is 6.42 Å². The van der Waals surface area contributed by atoms with Gasteiger partial charge in [-0.05, 0) is 25.0 Å². The van der Waals surface area contributed by atoms with Crippen molar-refractivity contribution in [3.8, 4) is 0 Å². The number of rotatable bonds is 2. The van der Waals surface area contributed by atoms with Crippen molar-refractivity contribution in [1.29, 1.82) is 0 Å². The summed E-state index contributed by atoms with van der Waals surface area (Å²) >= 11 is 0. The first-order valence-electron chi connectivity index (χ1n) is 5.26. The molecule has 0 spiro atoms. The van der Waals surface area contributed by atoms with E-state index < -0.39 is 5.79 Å². The minimum Gasteiger partial charge on any atom is -0.427 e. The average molecular weight is 204 g/mol. The van der Waals surface area contributed by atoms with Crippen LogP contribution in [0.2, 0.25) is 0 Å². The summed E-state index contributed by atoms with van der Waals surface area (Å²) in [7, 11) is 0. The SMILES string of the molecule is O=C(O[C@]12CCC[C@@H]1O2)c1ccccc1. The molecule has 1 aliphatic carbocycles. The molecule has 2 atom stereocenters. The smallest absolute Gasteiger partial charge is 0.340 e. The standard InChI is InChI=1S/C12H12O3/c13-11(9-5-2-1-3-6-9)15-12-8-4-7-10(12)14-12/h1-3,5-6,10H,4,7-8H2/t10-,12+/m0/s1. The number of carbonyl (C=O) groups is 1. The molecule has 3 nitrogen and oxygen atoms in total. The Labute approximate surface area is 88.0 Å². The van der Waals surface area contributed by atoms with Gasteiger partial charge in [0.1, 0.15) is 6.10 Å². The van der Waals surface area contributed by atoms with Crippen LogP contribution in [-0.2, 0) is 9.47 Å². The fourth-order valence-electron chi connectivity index (χ4n) is 2.17. The first-order valence-corrected chi connectivity index (χ1v) is 5.26. The maximum Gasteiger partial charge on any atom is 0.340 e. The lowest BCUT2D eigenvalue weighted by atomic mass is 10.2. The number of fused-ring (bicyclic) bond motifs is 1. The quantitative estimate of drug-likeness (QED) is 0.547. The van der Waals surface area contributed by atoms with Crippen LogP contribution in [0.25, 0.3) is 0 Å². The van der Waals surface area contributed by atoms with Gasteiger partial charge < -0.3 is 9.47 Å². The summed E-state index contributed by atoms with van der Waals surface area (Å²) in [6.07, 6.45) is 3.11. The van der Waals surface area contributed by atoms with E-state index in [4.69, 9.17) is 9.47 Å². The molecule has 3 heteroatoms. The van der Waals surface area contributed by atoms with Crippen molar-refractivity contribution in [2.45, 2.75) is 31.2 Å². The molecule has 1 saturated carbocycles. The van der Waals surface area contributed by atoms with E-state index >= 15 is 0 Å². The fraction of sp³-hybridized carbons (Fsp3) is 0.417. The zero-order chi connectivity index (χ0) is 10.3. The molecule has 1 saturated heterocycles. The molecule has 0 N–H and O–H groups in total. The number of hydrogen-bond donors (Lipinski definition) is 0. The Morgan fingerprint density at radius 2 is 2.20 bits per heavy atom. The maximum atomic E-state index is 11.7. The minimum absolute atomic E-state index is 0.158. The summed E-state index contributed by atoms with van der Waals surface area (Å²) in [5.74, 6) is -0.840. The Bertz CT molecular complexity index is 387. The van der Waals surface area contributed by atoms with Crippen LogP contribution in [-0.4, -0.2) is 17.9 Å². The van der Waals surface area contributed by atoms with E-state index in [1.165, 1.54) is 0 Å². The first-order chi connectivity index (χ1) is 7.30. The Balaban J connectivity index is 1.72. The van der Waals surface area contributed by atoms with Gasteiger partial charge in [-0.2, -0.15) is 0 Å². The highest BCUT2D eigenvalue weighted by Gasteiger charge is 2.63. The Morgan fingerprint density at radius 3 is 2.80 bits per heavy atom. The number of benzene rings is 1. The van der Waals surface area contributed by atoms with Crippen molar-refractivity contribution in [1.82, 2.24) is 0 Å². The highest BCUT2D eigenvalue weighted by molar-refractivity contribution is 5.89. The second-order valence-electron chi connectivity index (χ2n) is 4.07. The summed E-state index contributed by atoms with van der Waals surface area (Å²) in [5, 5.41) is 0. The Morgan fingerprint density at radius 1 is 1.40 bits per heavy atom. The van der Waals surface area contributed by atoms with E-state index in [0.717, 1.165) is 19.3 Å². The number of esters is 1. The second kappa shape index (κ2) is 3.07. The van der Waals surface area contributed by atoms with Crippen molar-refractivity contribution in [2.75, 3.05) is 0 Å². The highest BCUT2D eigenvalue weighted by atomic mass is 16.8. The van der Waals surface area contributed by atoms with Crippen LogP contribution in [0.3, 0.4) is 0 Å². The molecule has 1 aromatic rings. The van der Waals surface area contributed by atoms with Gasteiger partial charge in [-0.1, -0.05) is 18.2 Å². The van der Waals surface area contributed by atoms with E-state index in [9.17, 15) is 4.79 Å². The zero-order valence-corrected chi connectivity index (χ0v) is 8.31. The van der Waals surface area contributed by atoms with Crippen LogP contribution >= 0.6 is 0 Å². The van der Waals surface area contributed by atoms with Crippen molar-refractivity contribution in [3.05, 3.63) is 35.9 Å². The van der Waals surface area contributed by atoms with Gasteiger partial charge >= 0.3 is 5.97 Å². The molecule has 78 valence electrons. The lowest BCUT2D eigenvalue weighted by Gasteiger charge is -2.10. The Hall–Kier alpha value is -1.35. The third-order valence-electron chi connectivity index (χ3n) is 3.04. The predicted octanol–water partition coefficient (Wildman–Crippen LogP) is 2.12. The number of epoxide rings is 1. The van der Waals surface area contributed by atoms with Gasteiger partial charge in [0.05, 0.1) is 5.56 Å². The molecule has 15 heavy (non-hydrogen) atoms. The third-order valence-corrected chi connectivity index (χ3v) is 3.04. The van der Waals surface area contributed by atoms with Crippen LogP contribution in [0.1, 0.15) is 29.6 Å². The van der Waals surface area contributed by atoms with E-state index in [0.29, 0.717) is 5.56 Å². The molecule has 0 amide bonds. The zero-order valence-electron chi connectivity index (χ0n) is 8.31. The maximum absolute atomic E-state index is 11.7. The molecule has 1 aromatic carbocycles. The highest BCUT2D eigenvalue weighted by Crippen LogP contribution is 2.50. The lowest BCUT2D eigenvalue weighted by Crippen LogP contribution is -2.20. The molecule has 0 radical (unpaired) electrons. The van der Waals surface area contributed by atoms with Crippen molar-refractivity contribution >= 4 is 5.97 Å². The van der Waals surface area contributed by atoms with Gasteiger partial charge in [-0.25, -0.2) is 4.79 Å². The number of carbonyl (C=O) groups excluding carboxylic acids is 1. The second-order valence-corrected chi connectivity index (χ2v) is 4.07. The molecular formula is C12H12O3. The van der Waals surface area contributed by atoms with Crippen LogP contribution in [0.15, 0.2) is 30.3 Å². The van der Waals surface area contributed by atoms with Gasteiger partial charge in [-0.3, -0.25) is 0 Å². The third kappa shape index (κ3) is 1.43. The molecule has 2 aliphatic rings. The summed E-state index contributed by atoms with van der Waals surface area (Å²) < 4.78 is 10.8. The topological polar surface area (TPSA) is 38.8 Å². The van der Waals surface area contributed by atoms with Crippen LogP contribution in [0.5, 0.6) is 0 Å². The molecule has 0 aromatic heterocycles. The van der Waals surface area contributed by atoms with E-state index in [1.54, 1.807) is 12.1 Å². The molecule has 0 bridgehead atoms. The summed E-state index contributed by atoms with van der Waals surface area (Å²) in [6, 6.07) is 9.04. The van der Waals surface area contributed by atoms with E-state index in [-0.39, 0.29) is 12.1 Å². The van der Waals surface area contributed by atoms with Crippen molar-refractivity contribution in [2.24, 2.45) is 0 Å². The molecule has 2 fully saturated rings. The first kappa shape index (κ1) is 8.92. The summed E-state index contributed by atoms with van der Waals surface area (Å²) in [6.45, 7) is 0. The van der Waals surface area contributed by atoms with Crippen LogP contribution in [0, 0.1) is 0 Å². The van der Waals surface area contributed by atoms with Gasteiger partial charge in [0.15, 0.2) is 0 Å². The minimum atomic E-state index is -0.563. The predicted molar refractivity (Wildman–Crippen MR) is 53.3 cm³/mol. The van der Waals surface area contributed by atoms with Gasteiger partial charge in [0.2, 0.25) is 5.79 Å². The average Bonchev–Trinajstić information content (AvgIpc) is 2.81. The normalized spacial score (nSPS) is 32.1. The van der Waals surface area contributed by atoms with E-state index in [1.807, 2.05) is 18.2 Å². The summed E-state index contributed by atoms with van der Waals surface area (Å²) in [4.78, 5) is 11.7. The molecule has 3 rings (SSSR count).